The summed E-state index contributed by atoms with van der Waals surface area (Å²) >= 11 is 0. The van der Waals surface area contributed by atoms with Crippen molar-refractivity contribution in [2.75, 3.05) is 13.2 Å². The van der Waals surface area contributed by atoms with Crippen molar-refractivity contribution in [2.24, 2.45) is 0 Å². The predicted octanol–water partition coefficient (Wildman–Crippen LogP) is 3.78. The minimum Gasteiger partial charge on any atom is -0.508 e. The summed E-state index contributed by atoms with van der Waals surface area (Å²) in [7, 11) is 0. The number of phenols is 2. The van der Waals surface area contributed by atoms with E-state index in [0.29, 0.717) is 11.1 Å². The summed E-state index contributed by atoms with van der Waals surface area (Å²) in [5.41, 5.74) is 1.66. The van der Waals surface area contributed by atoms with Gasteiger partial charge < -0.3 is 19.7 Å². The van der Waals surface area contributed by atoms with Crippen molar-refractivity contribution in [2.45, 2.75) is 13.8 Å². The van der Waals surface area contributed by atoms with E-state index in [-0.39, 0.29) is 35.8 Å². The third-order valence-electron chi connectivity index (χ3n) is 3.71. The Morgan fingerprint density at radius 2 is 1.57 bits per heavy atom. The average molecular weight is 382 g/mol. The Balaban J connectivity index is 2.47. The summed E-state index contributed by atoms with van der Waals surface area (Å²) in [4.78, 5) is 24.0. The van der Waals surface area contributed by atoms with Crippen LogP contribution < -0.4 is 0 Å². The molecule has 0 unspecified atom stereocenters. The molecule has 2 aromatic rings. The van der Waals surface area contributed by atoms with Gasteiger partial charge in [-0.1, -0.05) is 18.2 Å². The monoisotopic (exact) mass is 382 g/mol. The fourth-order valence-corrected chi connectivity index (χ4v) is 2.42. The second-order valence-electron chi connectivity index (χ2n) is 5.73. The van der Waals surface area contributed by atoms with Crippen molar-refractivity contribution >= 4 is 29.7 Å². The lowest BCUT2D eigenvalue weighted by atomic mass is 9.99. The third-order valence-corrected chi connectivity index (χ3v) is 3.71. The van der Waals surface area contributed by atoms with E-state index in [1.807, 2.05) is 0 Å². The number of rotatable bonds is 7. The standard InChI is InChI=1S/C22H22O6/c1-3-27-21(25)12-8-16-7-11-20(24)18(13-16)19(22(26)28-4-2)14-15-5-9-17(23)10-6-15/h5-14,23-24H,3-4H2,1-2H3/b12-8+,19-14-. The van der Waals surface area contributed by atoms with Gasteiger partial charge in [0.1, 0.15) is 11.5 Å². The van der Waals surface area contributed by atoms with Gasteiger partial charge in [-0.2, -0.15) is 0 Å². The second-order valence-corrected chi connectivity index (χ2v) is 5.73. The van der Waals surface area contributed by atoms with E-state index < -0.39 is 11.9 Å². The first-order valence-electron chi connectivity index (χ1n) is 8.80. The lowest BCUT2D eigenvalue weighted by molar-refractivity contribution is -0.137. The van der Waals surface area contributed by atoms with Gasteiger partial charge in [0.15, 0.2) is 0 Å². The number of carbonyl (C=O) groups excluding carboxylic acids is 2. The first-order valence-corrected chi connectivity index (χ1v) is 8.80. The molecule has 0 bridgehead atoms. The zero-order valence-corrected chi connectivity index (χ0v) is 15.7. The van der Waals surface area contributed by atoms with Gasteiger partial charge in [-0.15, -0.1) is 0 Å². The molecule has 2 rings (SSSR count). The summed E-state index contributed by atoms with van der Waals surface area (Å²) in [6, 6.07) is 10.9. The van der Waals surface area contributed by atoms with Crippen LogP contribution in [-0.2, 0) is 19.1 Å². The Morgan fingerprint density at radius 1 is 0.929 bits per heavy atom. The molecule has 6 nitrogen and oxygen atoms in total. The van der Waals surface area contributed by atoms with Gasteiger partial charge in [0.25, 0.3) is 0 Å². The molecule has 6 heteroatoms. The first-order chi connectivity index (χ1) is 13.4. The summed E-state index contributed by atoms with van der Waals surface area (Å²) in [5.74, 6) is -1.09. The molecule has 28 heavy (non-hydrogen) atoms. The minimum absolute atomic E-state index is 0.101. The minimum atomic E-state index is -0.600. The molecular formula is C22H22O6. The van der Waals surface area contributed by atoms with Crippen LogP contribution >= 0.6 is 0 Å². The molecule has 0 aliphatic heterocycles. The van der Waals surface area contributed by atoms with Crippen molar-refractivity contribution in [3.05, 3.63) is 65.2 Å². The Morgan fingerprint density at radius 3 is 2.21 bits per heavy atom. The molecule has 146 valence electrons. The molecule has 0 aromatic heterocycles. The average Bonchev–Trinajstić information content (AvgIpc) is 2.67. The Kier molecular flexibility index (Phi) is 7.39. The number of phenolic OH excluding ortho intramolecular Hbond substituents is 2. The van der Waals surface area contributed by atoms with Crippen molar-refractivity contribution in [1.82, 2.24) is 0 Å². The van der Waals surface area contributed by atoms with E-state index in [4.69, 9.17) is 9.47 Å². The van der Waals surface area contributed by atoms with Crippen LogP contribution in [0.2, 0.25) is 0 Å². The number of hydrogen-bond acceptors (Lipinski definition) is 6. The van der Waals surface area contributed by atoms with Gasteiger partial charge in [0.05, 0.1) is 18.8 Å². The normalized spacial score (nSPS) is 11.4. The fraction of sp³-hybridized carbons (Fsp3) is 0.182. The van der Waals surface area contributed by atoms with Crippen molar-refractivity contribution < 1.29 is 29.3 Å². The predicted molar refractivity (Wildman–Crippen MR) is 106 cm³/mol. The first kappa shape index (κ1) is 20.8. The molecule has 2 aromatic carbocycles. The molecule has 0 spiro atoms. The smallest absolute Gasteiger partial charge is 0.338 e. The van der Waals surface area contributed by atoms with E-state index in [9.17, 15) is 19.8 Å². The third kappa shape index (κ3) is 5.74. The lowest BCUT2D eigenvalue weighted by Gasteiger charge is -2.11. The largest absolute Gasteiger partial charge is 0.508 e. The van der Waals surface area contributed by atoms with Gasteiger partial charge in [-0.05, 0) is 61.4 Å². The van der Waals surface area contributed by atoms with E-state index in [0.717, 1.165) is 0 Å². The van der Waals surface area contributed by atoms with Crippen molar-refractivity contribution in [3.63, 3.8) is 0 Å². The van der Waals surface area contributed by atoms with Gasteiger partial charge in [0.2, 0.25) is 0 Å². The highest BCUT2D eigenvalue weighted by Gasteiger charge is 2.17. The number of benzene rings is 2. The summed E-state index contributed by atoms with van der Waals surface area (Å²) in [5, 5.41) is 19.7. The highest BCUT2D eigenvalue weighted by molar-refractivity contribution is 6.22. The SMILES string of the molecule is CCOC(=O)/C=C/c1ccc(O)c(/C(=C/c2ccc(O)cc2)C(=O)OCC)c1. The molecule has 0 aliphatic rings. The number of esters is 2. The van der Waals surface area contributed by atoms with E-state index in [1.165, 1.54) is 30.4 Å². The van der Waals surface area contributed by atoms with Gasteiger partial charge in [-0.3, -0.25) is 0 Å². The van der Waals surface area contributed by atoms with E-state index in [2.05, 4.69) is 0 Å². The maximum atomic E-state index is 12.5. The van der Waals surface area contributed by atoms with Crippen LogP contribution in [0.25, 0.3) is 17.7 Å². The summed E-state index contributed by atoms with van der Waals surface area (Å²) < 4.78 is 9.96. The van der Waals surface area contributed by atoms with Crippen LogP contribution in [0, 0.1) is 0 Å². The van der Waals surface area contributed by atoms with Crippen LogP contribution in [0.3, 0.4) is 0 Å². The highest BCUT2D eigenvalue weighted by atomic mass is 16.5. The quantitative estimate of drug-likeness (QED) is 0.430. The van der Waals surface area contributed by atoms with Crippen LogP contribution in [0.5, 0.6) is 11.5 Å². The van der Waals surface area contributed by atoms with Gasteiger partial charge in [-0.25, -0.2) is 9.59 Å². The maximum Gasteiger partial charge on any atom is 0.338 e. The molecule has 0 heterocycles. The fourth-order valence-electron chi connectivity index (χ4n) is 2.42. The molecule has 0 atom stereocenters. The molecule has 0 radical (unpaired) electrons. The number of hydrogen-bond donors (Lipinski definition) is 2. The Labute approximate surface area is 163 Å². The molecule has 0 fully saturated rings. The van der Waals surface area contributed by atoms with Crippen LogP contribution in [0.15, 0.2) is 48.5 Å². The number of carbonyl (C=O) groups is 2. The van der Waals surface area contributed by atoms with Crippen molar-refractivity contribution in [1.29, 1.82) is 0 Å². The molecule has 2 N–H and O–H groups in total. The molecule has 0 aliphatic carbocycles. The highest BCUT2D eigenvalue weighted by Crippen LogP contribution is 2.30. The molecular weight excluding hydrogens is 360 g/mol. The molecule has 0 saturated carbocycles. The number of ether oxygens (including phenoxy) is 2. The summed E-state index contributed by atoms with van der Waals surface area (Å²) in [6.45, 7) is 3.85. The Hall–Kier alpha value is -3.54. The van der Waals surface area contributed by atoms with Gasteiger partial charge >= 0.3 is 11.9 Å². The van der Waals surface area contributed by atoms with Crippen molar-refractivity contribution in [3.8, 4) is 11.5 Å². The van der Waals surface area contributed by atoms with Crippen LogP contribution in [-0.4, -0.2) is 35.4 Å². The zero-order valence-electron chi connectivity index (χ0n) is 15.7. The maximum absolute atomic E-state index is 12.5. The lowest BCUT2D eigenvalue weighted by Crippen LogP contribution is -2.07. The van der Waals surface area contributed by atoms with Gasteiger partial charge in [0, 0.05) is 11.6 Å². The van der Waals surface area contributed by atoms with Crippen LogP contribution in [0.1, 0.15) is 30.5 Å². The van der Waals surface area contributed by atoms with E-state index >= 15 is 0 Å². The second kappa shape index (κ2) is 9.97. The summed E-state index contributed by atoms with van der Waals surface area (Å²) in [6.07, 6.45) is 4.36. The zero-order chi connectivity index (χ0) is 20.5. The number of aromatic hydroxyl groups is 2. The molecule has 0 saturated heterocycles. The van der Waals surface area contributed by atoms with E-state index in [1.54, 1.807) is 44.2 Å². The molecule has 0 amide bonds. The van der Waals surface area contributed by atoms with Crippen LogP contribution in [0.4, 0.5) is 0 Å². The topological polar surface area (TPSA) is 93.1 Å². The Bertz CT molecular complexity index is 894.